The summed E-state index contributed by atoms with van der Waals surface area (Å²) in [4.78, 5) is 32.8. The SMILES string of the molecule is CC(NCc1ccc2oc(=O)n(C)c2c1)c1cc(C(=O)NCc2ccc(C(F)(F)F)nc2)n2nccc2n1. The molecule has 0 radical (unpaired) electrons. The normalized spacial score (nSPS) is 12.8. The number of hydrogen-bond acceptors (Lipinski definition) is 7. The maximum Gasteiger partial charge on any atom is 0.433 e. The first-order valence-electron chi connectivity index (χ1n) is 11.6. The average molecular weight is 525 g/mol. The minimum absolute atomic E-state index is 0.0167. The number of rotatable bonds is 7. The molecule has 0 bridgehead atoms. The molecule has 5 aromatic rings. The highest BCUT2D eigenvalue weighted by molar-refractivity contribution is 5.93. The highest BCUT2D eigenvalue weighted by atomic mass is 19.4. The summed E-state index contributed by atoms with van der Waals surface area (Å²) in [5, 5.41) is 10.2. The van der Waals surface area contributed by atoms with Crippen molar-refractivity contribution in [3.05, 3.63) is 93.6 Å². The summed E-state index contributed by atoms with van der Waals surface area (Å²) in [6.07, 6.45) is -1.93. The Kier molecular flexibility index (Phi) is 6.45. The number of hydrogen-bond donors (Lipinski definition) is 2. The summed E-state index contributed by atoms with van der Waals surface area (Å²) >= 11 is 0. The van der Waals surface area contributed by atoms with Gasteiger partial charge in [0.25, 0.3) is 5.91 Å². The van der Waals surface area contributed by atoms with E-state index < -0.39 is 23.5 Å². The zero-order chi connectivity index (χ0) is 27.0. The molecule has 38 heavy (non-hydrogen) atoms. The van der Waals surface area contributed by atoms with Crippen LogP contribution in [0, 0.1) is 0 Å². The first-order valence-corrected chi connectivity index (χ1v) is 11.6. The van der Waals surface area contributed by atoms with Crippen molar-refractivity contribution < 1.29 is 22.4 Å². The lowest BCUT2D eigenvalue weighted by atomic mass is 10.1. The highest BCUT2D eigenvalue weighted by Gasteiger charge is 2.32. The molecule has 0 fully saturated rings. The molecular formula is C25H22F3N7O3. The summed E-state index contributed by atoms with van der Waals surface area (Å²) in [5.74, 6) is -0.905. The fourth-order valence-corrected chi connectivity index (χ4v) is 3.94. The predicted molar refractivity (Wildman–Crippen MR) is 130 cm³/mol. The fraction of sp³-hybridized carbons (Fsp3) is 0.240. The van der Waals surface area contributed by atoms with Gasteiger partial charge in [-0.2, -0.15) is 18.3 Å². The summed E-state index contributed by atoms with van der Waals surface area (Å²) in [6, 6.07) is 10.6. The number of nitrogens with one attached hydrogen (secondary N) is 2. The molecule has 4 heterocycles. The van der Waals surface area contributed by atoms with Crippen LogP contribution in [0.5, 0.6) is 0 Å². The number of halogens is 3. The van der Waals surface area contributed by atoms with Crippen LogP contribution in [-0.4, -0.2) is 30.1 Å². The molecule has 0 aliphatic carbocycles. The van der Waals surface area contributed by atoms with Crippen LogP contribution in [0.2, 0.25) is 0 Å². The van der Waals surface area contributed by atoms with Gasteiger partial charge >= 0.3 is 11.9 Å². The summed E-state index contributed by atoms with van der Waals surface area (Å²) in [6.45, 7) is 2.35. The lowest BCUT2D eigenvalue weighted by molar-refractivity contribution is -0.141. The number of pyridine rings is 1. The summed E-state index contributed by atoms with van der Waals surface area (Å²) in [7, 11) is 1.64. The van der Waals surface area contributed by atoms with Gasteiger partial charge in [-0.25, -0.2) is 14.3 Å². The molecule has 0 spiro atoms. The molecule has 1 amide bonds. The van der Waals surface area contributed by atoms with Crippen molar-refractivity contribution in [1.82, 2.24) is 34.8 Å². The molecule has 0 aliphatic heterocycles. The largest absolute Gasteiger partial charge is 0.433 e. The zero-order valence-electron chi connectivity index (χ0n) is 20.3. The Hall–Kier alpha value is -4.52. The second kappa shape index (κ2) is 9.74. The number of aromatic nitrogens is 5. The van der Waals surface area contributed by atoms with Gasteiger partial charge in [-0.3, -0.25) is 14.3 Å². The van der Waals surface area contributed by atoms with Gasteiger partial charge in [-0.05, 0) is 42.3 Å². The molecule has 10 nitrogen and oxygen atoms in total. The zero-order valence-corrected chi connectivity index (χ0v) is 20.3. The number of benzene rings is 1. The van der Waals surface area contributed by atoms with Crippen molar-refractivity contribution in [3.8, 4) is 0 Å². The van der Waals surface area contributed by atoms with Crippen molar-refractivity contribution in [3.63, 3.8) is 0 Å². The van der Waals surface area contributed by atoms with Crippen molar-refractivity contribution >= 4 is 22.7 Å². The number of nitrogens with zero attached hydrogens (tertiary/aromatic N) is 5. The number of carbonyl (C=O) groups is 1. The quantitative estimate of drug-likeness (QED) is 0.334. The molecule has 13 heteroatoms. The second-order valence-electron chi connectivity index (χ2n) is 8.73. The van der Waals surface area contributed by atoms with Gasteiger partial charge in [0.05, 0.1) is 17.4 Å². The Morgan fingerprint density at radius 2 is 1.89 bits per heavy atom. The number of fused-ring (bicyclic) bond motifs is 2. The van der Waals surface area contributed by atoms with Crippen LogP contribution in [-0.2, 0) is 26.3 Å². The molecule has 1 unspecified atom stereocenters. The first kappa shape index (κ1) is 25.1. The molecule has 2 N–H and O–H groups in total. The van der Waals surface area contributed by atoms with Gasteiger partial charge in [0, 0.05) is 38.4 Å². The molecule has 0 saturated carbocycles. The monoisotopic (exact) mass is 525 g/mol. The third-order valence-corrected chi connectivity index (χ3v) is 6.09. The van der Waals surface area contributed by atoms with E-state index in [1.54, 1.807) is 25.2 Å². The number of carbonyl (C=O) groups excluding carboxylic acids is 1. The van der Waals surface area contributed by atoms with E-state index in [2.05, 4.69) is 25.7 Å². The van der Waals surface area contributed by atoms with Crippen LogP contribution in [0.4, 0.5) is 13.2 Å². The highest BCUT2D eigenvalue weighted by Crippen LogP contribution is 2.27. The predicted octanol–water partition coefficient (Wildman–Crippen LogP) is 3.37. The van der Waals surface area contributed by atoms with Gasteiger partial charge in [-0.15, -0.1) is 0 Å². The van der Waals surface area contributed by atoms with E-state index in [9.17, 15) is 22.8 Å². The maximum atomic E-state index is 13.0. The van der Waals surface area contributed by atoms with Gasteiger partial charge in [0.2, 0.25) is 0 Å². The fourth-order valence-electron chi connectivity index (χ4n) is 3.94. The lowest BCUT2D eigenvalue weighted by Gasteiger charge is -2.16. The Labute approximate surface area is 213 Å². The molecule has 0 saturated heterocycles. The number of alkyl halides is 3. The standard InChI is InChI=1S/C25H22F3N7O3/c1-14(29-11-15-3-5-20-18(9-15)34(2)24(37)38-20)17-10-19(35-22(33-17)7-8-32-35)23(36)31-13-16-4-6-21(30-12-16)25(26,27)28/h3-10,12,14,29H,11,13H2,1-2H3,(H,31,36). The van der Waals surface area contributed by atoms with Crippen molar-refractivity contribution in [1.29, 1.82) is 0 Å². The van der Waals surface area contributed by atoms with Crippen LogP contribution in [0.1, 0.15) is 46.0 Å². The van der Waals surface area contributed by atoms with Crippen molar-refractivity contribution in [2.45, 2.75) is 32.2 Å². The maximum absolute atomic E-state index is 13.0. The van der Waals surface area contributed by atoms with E-state index in [0.717, 1.165) is 17.8 Å². The van der Waals surface area contributed by atoms with Gasteiger partial charge < -0.3 is 15.1 Å². The van der Waals surface area contributed by atoms with Crippen molar-refractivity contribution in [2.24, 2.45) is 7.05 Å². The molecule has 5 rings (SSSR count). The van der Waals surface area contributed by atoms with Crippen LogP contribution in [0.3, 0.4) is 0 Å². The van der Waals surface area contributed by atoms with E-state index >= 15 is 0 Å². The molecule has 4 aromatic heterocycles. The van der Waals surface area contributed by atoms with E-state index in [-0.39, 0.29) is 18.3 Å². The van der Waals surface area contributed by atoms with Gasteiger partial charge in [0.1, 0.15) is 11.4 Å². The van der Waals surface area contributed by atoms with E-state index in [0.29, 0.717) is 34.5 Å². The Morgan fingerprint density at radius 3 is 2.63 bits per heavy atom. The average Bonchev–Trinajstić information content (AvgIpc) is 3.49. The first-order chi connectivity index (χ1) is 18.1. The van der Waals surface area contributed by atoms with Crippen molar-refractivity contribution in [2.75, 3.05) is 0 Å². The third kappa shape index (κ3) is 5.00. The smallest absolute Gasteiger partial charge is 0.408 e. The molecule has 1 aromatic carbocycles. The second-order valence-corrected chi connectivity index (χ2v) is 8.73. The number of amides is 1. The third-order valence-electron chi connectivity index (χ3n) is 6.09. The Balaban J connectivity index is 1.30. The van der Waals surface area contributed by atoms with Crippen LogP contribution in [0.15, 0.2) is 64.1 Å². The van der Waals surface area contributed by atoms with Crippen LogP contribution >= 0.6 is 0 Å². The minimum atomic E-state index is -4.53. The molecular weight excluding hydrogens is 503 g/mol. The number of aryl methyl sites for hydroxylation is 1. The Bertz CT molecular complexity index is 1690. The molecule has 1 atom stereocenters. The topological polar surface area (TPSA) is 119 Å². The van der Waals surface area contributed by atoms with Crippen LogP contribution in [0.25, 0.3) is 16.7 Å². The minimum Gasteiger partial charge on any atom is -0.408 e. The molecule has 0 aliphatic rings. The van der Waals surface area contributed by atoms with E-state index in [1.165, 1.54) is 21.3 Å². The van der Waals surface area contributed by atoms with E-state index in [1.807, 2.05) is 19.1 Å². The summed E-state index contributed by atoms with van der Waals surface area (Å²) < 4.78 is 46.2. The molecule has 196 valence electrons. The Morgan fingerprint density at radius 1 is 1.11 bits per heavy atom. The van der Waals surface area contributed by atoms with Crippen LogP contribution < -0.4 is 16.4 Å². The summed E-state index contributed by atoms with van der Waals surface area (Å²) in [5.41, 5.74) is 2.81. The number of oxazole rings is 1. The van der Waals surface area contributed by atoms with Gasteiger partial charge in [-0.1, -0.05) is 12.1 Å². The lowest BCUT2D eigenvalue weighted by Crippen LogP contribution is -2.27. The van der Waals surface area contributed by atoms with Gasteiger partial charge in [0.15, 0.2) is 11.2 Å². The van der Waals surface area contributed by atoms with E-state index in [4.69, 9.17) is 4.42 Å².